The summed E-state index contributed by atoms with van der Waals surface area (Å²) in [7, 11) is 2.03. The summed E-state index contributed by atoms with van der Waals surface area (Å²) in [6, 6.07) is 10.6. The van der Waals surface area contributed by atoms with Crippen molar-refractivity contribution in [2.45, 2.75) is 74.1 Å². The maximum Gasteiger partial charge on any atom is 0.320 e. The Morgan fingerprint density at radius 2 is 1.82 bits per heavy atom. The van der Waals surface area contributed by atoms with E-state index in [2.05, 4.69) is 34.9 Å². The van der Waals surface area contributed by atoms with Crippen LogP contribution in [0.5, 0.6) is 0 Å². The Labute approximate surface area is 202 Å². The van der Waals surface area contributed by atoms with Crippen molar-refractivity contribution in [3.63, 3.8) is 0 Å². The minimum Gasteiger partial charge on any atom is -0.388 e. The van der Waals surface area contributed by atoms with Gasteiger partial charge in [-0.25, -0.2) is 4.79 Å². The van der Waals surface area contributed by atoms with Gasteiger partial charge in [0.05, 0.1) is 36.9 Å². The van der Waals surface area contributed by atoms with Crippen LogP contribution in [0.15, 0.2) is 30.3 Å². The third-order valence-corrected chi connectivity index (χ3v) is 8.75. The van der Waals surface area contributed by atoms with Crippen LogP contribution in [-0.2, 0) is 15.1 Å². The molecule has 2 aliphatic carbocycles. The Morgan fingerprint density at radius 1 is 1.12 bits per heavy atom. The average molecular weight is 471 g/mol. The highest BCUT2D eigenvalue weighted by atomic mass is 16.5. The fraction of sp³-hybridized carbons (Fsp3) is 0.692. The van der Waals surface area contributed by atoms with Crippen LogP contribution < -0.4 is 10.6 Å². The first-order chi connectivity index (χ1) is 16.4. The predicted molar refractivity (Wildman–Crippen MR) is 128 cm³/mol. The molecule has 4 aliphatic rings. The van der Waals surface area contributed by atoms with E-state index in [4.69, 9.17) is 4.74 Å². The number of amides is 3. The minimum atomic E-state index is -0.767. The molecule has 0 radical (unpaired) electrons. The van der Waals surface area contributed by atoms with Crippen LogP contribution in [0.3, 0.4) is 0 Å². The summed E-state index contributed by atoms with van der Waals surface area (Å²) in [5.74, 6) is -0.0341. The van der Waals surface area contributed by atoms with Crippen molar-refractivity contribution in [2.24, 2.45) is 0 Å². The molecule has 8 heteroatoms. The van der Waals surface area contributed by atoms with E-state index in [1.165, 1.54) is 5.56 Å². The smallest absolute Gasteiger partial charge is 0.320 e. The first-order valence-corrected chi connectivity index (χ1v) is 12.8. The standard InChI is InChI=1S/C26H38N4O4/c1-27-26(20-6-3-2-4-7-20)13-11-24(12-14-26)18-29(15-8-22(31)28-21-16-34-17-21)23(32)30(24)19-25(33)9-5-10-25/h2-4,6-7,21,27,33H,5,8-19H2,1H3,(H,28,31)/t24-,26-. The lowest BCUT2D eigenvalue weighted by Gasteiger charge is -2.50. The van der Waals surface area contributed by atoms with Gasteiger partial charge in [-0.05, 0) is 57.6 Å². The van der Waals surface area contributed by atoms with Gasteiger partial charge in [0.1, 0.15) is 0 Å². The van der Waals surface area contributed by atoms with E-state index in [0.717, 1.165) is 44.9 Å². The third-order valence-electron chi connectivity index (χ3n) is 8.75. The van der Waals surface area contributed by atoms with Crippen LogP contribution in [0.2, 0.25) is 0 Å². The molecule has 5 rings (SSSR count). The van der Waals surface area contributed by atoms with Gasteiger partial charge in [-0.1, -0.05) is 30.3 Å². The Bertz CT molecular complexity index is 891. The van der Waals surface area contributed by atoms with Crippen LogP contribution in [0, 0.1) is 0 Å². The largest absolute Gasteiger partial charge is 0.388 e. The van der Waals surface area contributed by atoms with E-state index < -0.39 is 5.60 Å². The third kappa shape index (κ3) is 4.32. The van der Waals surface area contributed by atoms with Crippen molar-refractivity contribution >= 4 is 11.9 Å². The number of urea groups is 1. The Morgan fingerprint density at radius 3 is 2.38 bits per heavy atom. The highest BCUT2D eigenvalue weighted by Gasteiger charge is 2.55. The second kappa shape index (κ2) is 9.13. The Balaban J connectivity index is 1.30. The Kier molecular flexibility index (Phi) is 6.33. The quantitative estimate of drug-likeness (QED) is 0.540. The van der Waals surface area contributed by atoms with Crippen molar-refractivity contribution in [3.05, 3.63) is 35.9 Å². The van der Waals surface area contributed by atoms with Gasteiger partial charge in [0.2, 0.25) is 5.91 Å². The molecule has 8 nitrogen and oxygen atoms in total. The monoisotopic (exact) mass is 470 g/mol. The van der Waals surface area contributed by atoms with Gasteiger partial charge in [-0.3, -0.25) is 4.79 Å². The highest BCUT2D eigenvalue weighted by Crippen LogP contribution is 2.48. The van der Waals surface area contributed by atoms with E-state index in [1.54, 1.807) is 0 Å². The molecule has 34 heavy (non-hydrogen) atoms. The van der Waals surface area contributed by atoms with E-state index in [0.29, 0.717) is 39.3 Å². The second-order valence-corrected chi connectivity index (χ2v) is 10.8. The molecule has 1 aromatic rings. The topological polar surface area (TPSA) is 94.1 Å². The van der Waals surface area contributed by atoms with Gasteiger partial charge in [-0.15, -0.1) is 0 Å². The first-order valence-electron chi connectivity index (χ1n) is 12.8. The molecule has 186 valence electrons. The zero-order chi connectivity index (χ0) is 23.8. The van der Waals surface area contributed by atoms with Gasteiger partial charge < -0.3 is 30.3 Å². The lowest BCUT2D eigenvalue weighted by atomic mass is 9.68. The number of nitrogens with zero attached hydrogens (tertiary/aromatic N) is 2. The SMILES string of the molecule is CN[C@]1(c2ccccc2)CC[C@@]2(CC1)CN(CCC(=O)NC1COC1)C(=O)N2CC1(O)CCC1. The summed E-state index contributed by atoms with van der Waals surface area (Å²) in [5.41, 5.74) is 0.120. The Hall–Kier alpha value is -2.16. The molecule has 2 heterocycles. The molecule has 0 atom stereocenters. The van der Waals surface area contributed by atoms with Gasteiger partial charge >= 0.3 is 6.03 Å². The fourth-order valence-electron chi connectivity index (χ4n) is 6.19. The van der Waals surface area contributed by atoms with E-state index in [1.807, 2.05) is 22.9 Å². The van der Waals surface area contributed by atoms with Crippen LogP contribution in [0.25, 0.3) is 0 Å². The maximum absolute atomic E-state index is 13.6. The van der Waals surface area contributed by atoms with Gasteiger partial charge in [0, 0.05) is 25.0 Å². The molecule has 4 fully saturated rings. The van der Waals surface area contributed by atoms with Crippen LogP contribution in [0.4, 0.5) is 4.79 Å². The summed E-state index contributed by atoms with van der Waals surface area (Å²) < 4.78 is 5.13. The lowest BCUT2D eigenvalue weighted by Crippen LogP contribution is -2.59. The minimum absolute atomic E-state index is 0.0308. The number of hydrogen-bond donors (Lipinski definition) is 3. The molecule has 2 aliphatic heterocycles. The first kappa shape index (κ1) is 23.6. The molecule has 1 spiro atoms. The van der Waals surface area contributed by atoms with Crippen molar-refractivity contribution in [3.8, 4) is 0 Å². The molecule has 0 unspecified atom stereocenters. The molecule has 3 amide bonds. The molecule has 3 N–H and O–H groups in total. The predicted octanol–water partition coefficient (Wildman–Crippen LogP) is 1.97. The number of nitrogens with one attached hydrogen (secondary N) is 2. The number of ether oxygens (including phenoxy) is 1. The number of hydrogen-bond acceptors (Lipinski definition) is 5. The zero-order valence-electron chi connectivity index (χ0n) is 20.2. The van der Waals surface area contributed by atoms with E-state index >= 15 is 0 Å². The molecular formula is C26H38N4O4. The van der Waals surface area contributed by atoms with Crippen LogP contribution in [0.1, 0.15) is 56.9 Å². The molecule has 1 aromatic carbocycles. The summed E-state index contributed by atoms with van der Waals surface area (Å²) in [5, 5.41) is 17.5. The number of carbonyl (C=O) groups is 2. The highest BCUT2D eigenvalue weighted by molar-refractivity contribution is 5.80. The summed E-state index contributed by atoms with van der Waals surface area (Å²) in [6.45, 7) is 2.56. The second-order valence-electron chi connectivity index (χ2n) is 10.8. The van der Waals surface area contributed by atoms with Crippen molar-refractivity contribution in [1.29, 1.82) is 0 Å². The van der Waals surface area contributed by atoms with Crippen LogP contribution in [-0.4, -0.2) is 83.9 Å². The maximum atomic E-state index is 13.6. The number of carbonyl (C=O) groups excluding carboxylic acids is 2. The summed E-state index contributed by atoms with van der Waals surface area (Å²) >= 11 is 0. The molecule has 2 saturated carbocycles. The molecule has 2 saturated heterocycles. The van der Waals surface area contributed by atoms with Crippen molar-refractivity contribution in [1.82, 2.24) is 20.4 Å². The van der Waals surface area contributed by atoms with E-state index in [9.17, 15) is 14.7 Å². The summed E-state index contributed by atoms with van der Waals surface area (Å²) in [6.07, 6.45) is 6.39. The van der Waals surface area contributed by atoms with E-state index in [-0.39, 0.29) is 29.1 Å². The molecule has 0 aromatic heterocycles. The number of aliphatic hydroxyl groups is 1. The van der Waals surface area contributed by atoms with Gasteiger partial charge in [-0.2, -0.15) is 0 Å². The number of rotatable bonds is 8. The van der Waals surface area contributed by atoms with Gasteiger partial charge in [0.15, 0.2) is 0 Å². The van der Waals surface area contributed by atoms with Gasteiger partial charge in [0.25, 0.3) is 0 Å². The fourth-order valence-corrected chi connectivity index (χ4v) is 6.19. The average Bonchev–Trinajstić information content (AvgIpc) is 3.06. The number of β-amino-alcohol motifs (C(OH)–C–C–N with tert-alkyl or cyclic N) is 1. The normalized spacial score (nSPS) is 30.8. The lowest BCUT2D eigenvalue weighted by molar-refractivity contribution is -0.125. The van der Waals surface area contributed by atoms with Crippen LogP contribution >= 0.6 is 0 Å². The summed E-state index contributed by atoms with van der Waals surface area (Å²) in [4.78, 5) is 29.7. The molecule has 0 bridgehead atoms. The van der Waals surface area contributed by atoms with Crippen molar-refractivity contribution < 1.29 is 19.4 Å². The number of benzene rings is 1. The zero-order valence-corrected chi connectivity index (χ0v) is 20.2. The van der Waals surface area contributed by atoms with Crippen molar-refractivity contribution in [2.75, 3.05) is 39.9 Å². The molecular weight excluding hydrogens is 432 g/mol.